The van der Waals surface area contributed by atoms with Crippen molar-refractivity contribution >= 4 is 12.0 Å². The summed E-state index contributed by atoms with van der Waals surface area (Å²) < 4.78 is 4.59. The highest BCUT2D eigenvalue weighted by Gasteiger charge is 2.41. The highest BCUT2D eigenvalue weighted by atomic mass is 16.7. The molecule has 2 amide bonds. The molecule has 0 aliphatic carbocycles. The number of nitrogens with one attached hydrogen (secondary N) is 1. The Balaban J connectivity index is 1.99. The number of likely N-dealkylation sites (tertiary alicyclic amines) is 1. The second-order valence-electron chi connectivity index (χ2n) is 3.43. The van der Waals surface area contributed by atoms with Crippen molar-refractivity contribution in [2.75, 3.05) is 20.2 Å². The fraction of sp³-hybridized carbons (Fsp3) is 0.750. The Kier molecular flexibility index (Phi) is 2.28. The summed E-state index contributed by atoms with van der Waals surface area (Å²) in [5.41, 5.74) is 2.32. The molecule has 2 unspecified atom stereocenters. The first-order valence-corrected chi connectivity index (χ1v) is 4.51. The van der Waals surface area contributed by atoms with Crippen LogP contribution in [0.5, 0.6) is 0 Å². The Morgan fingerprint density at radius 3 is 3.21 bits per heavy atom. The van der Waals surface area contributed by atoms with Gasteiger partial charge in [-0.25, -0.2) is 10.3 Å². The lowest BCUT2D eigenvalue weighted by Gasteiger charge is -2.30. The first-order valence-electron chi connectivity index (χ1n) is 4.51. The molecule has 78 valence electrons. The number of carbonyl (C=O) groups excluding carboxylic acids is 2. The van der Waals surface area contributed by atoms with Crippen LogP contribution in [0.1, 0.15) is 6.42 Å². The van der Waals surface area contributed by atoms with Gasteiger partial charge in [-0.15, -0.1) is 0 Å². The molecule has 0 spiro atoms. The second-order valence-corrected chi connectivity index (χ2v) is 3.43. The summed E-state index contributed by atoms with van der Waals surface area (Å²) in [4.78, 5) is 29.0. The van der Waals surface area contributed by atoms with Crippen LogP contribution >= 0.6 is 0 Å². The molecule has 2 atom stereocenters. The van der Waals surface area contributed by atoms with Crippen LogP contribution in [0.15, 0.2) is 0 Å². The third-order valence-electron chi connectivity index (χ3n) is 2.64. The molecule has 0 bridgehead atoms. The van der Waals surface area contributed by atoms with Crippen LogP contribution in [0.4, 0.5) is 4.79 Å². The monoisotopic (exact) mass is 200 g/mol. The van der Waals surface area contributed by atoms with Gasteiger partial charge in [0, 0.05) is 6.54 Å². The van der Waals surface area contributed by atoms with Crippen LogP contribution in [0.25, 0.3) is 0 Å². The van der Waals surface area contributed by atoms with Crippen molar-refractivity contribution < 1.29 is 19.2 Å². The third-order valence-corrected chi connectivity index (χ3v) is 2.64. The number of hydrogen-bond donors (Lipinski definition) is 1. The Morgan fingerprint density at radius 2 is 2.50 bits per heavy atom. The van der Waals surface area contributed by atoms with Crippen LogP contribution in [-0.4, -0.2) is 43.2 Å². The van der Waals surface area contributed by atoms with Crippen LogP contribution in [0.3, 0.4) is 0 Å². The highest BCUT2D eigenvalue weighted by Crippen LogP contribution is 2.24. The van der Waals surface area contributed by atoms with Crippen LogP contribution in [0.2, 0.25) is 0 Å². The lowest BCUT2D eigenvalue weighted by atomic mass is 9.94. The fourth-order valence-electron chi connectivity index (χ4n) is 1.84. The average molecular weight is 200 g/mol. The smallest absolute Gasteiger partial charge is 0.409 e. The summed E-state index contributed by atoms with van der Waals surface area (Å²) in [6.07, 6.45) is 0.0350. The molecular formula is C8H12N2O4. The number of methoxy groups -OCH3 is 1. The van der Waals surface area contributed by atoms with Gasteiger partial charge in [0.25, 0.3) is 0 Å². The first-order chi connectivity index (χ1) is 6.72. The number of hydrogen-bond acceptors (Lipinski definition) is 4. The van der Waals surface area contributed by atoms with Crippen molar-refractivity contribution in [3.8, 4) is 0 Å². The maximum Gasteiger partial charge on any atom is 0.409 e. The van der Waals surface area contributed by atoms with Crippen molar-refractivity contribution in [1.29, 1.82) is 0 Å². The Morgan fingerprint density at radius 1 is 1.71 bits per heavy atom. The van der Waals surface area contributed by atoms with Gasteiger partial charge < -0.3 is 9.64 Å². The second kappa shape index (κ2) is 3.45. The summed E-state index contributed by atoms with van der Waals surface area (Å²) in [6, 6.07) is 0. The van der Waals surface area contributed by atoms with E-state index in [1.807, 2.05) is 0 Å². The molecule has 14 heavy (non-hydrogen) atoms. The van der Waals surface area contributed by atoms with Crippen LogP contribution < -0.4 is 5.48 Å². The molecule has 6 nitrogen and oxygen atoms in total. The van der Waals surface area contributed by atoms with Crippen molar-refractivity contribution in [3.63, 3.8) is 0 Å². The predicted octanol–water partition coefficient (Wildman–Crippen LogP) is -0.495. The standard InChI is InChI=1S/C8H12N2O4/c1-13-8(12)10-3-2-5-6(4-10)14-9-7(5)11/h5-6H,2-4H2,1H3,(H,9,11). The molecule has 0 aromatic heterocycles. The van der Waals surface area contributed by atoms with E-state index in [1.54, 1.807) is 4.90 Å². The van der Waals surface area contributed by atoms with E-state index in [-0.39, 0.29) is 24.0 Å². The molecule has 2 aliphatic heterocycles. The molecule has 2 heterocycles. The maximum absolute atomic E-state index is 11.2. The first kappa shape index (κ1) is 9.26. The van der Waals surface area contributed by atoms with Gasteiger partial charge >= 0.3 is 6.09 Å². The van der Waals surface area contributed by atoms with Gasteiger partial charge in [0.15, 0.2) is 0 Å². The number of ether oxygens (including phenoxy) is 1. The fourth-order valence-corrected chi connectivity index (χ4v) is 1.84. The van der Waals surface area contributed by atoms with Gasteiger partial charge in [0.05, 0.1) is 19.6 Å². The van der Waals surface area contributed by atoms with Gasteiger partial charge in [-0.05, 0) is 6.42 Å². The summed E-state index contributed by atoms with van der Waals surface area (Å²) in [5.74, 6) is -0.199. The lowest BCUT2D eigenvalue weighted by Crippen LogP contribution is -2.46. The van der Waals surface area contributed by atoms with E-state index in [4.69, 9.17) is 4.84 Å². The zero-order valence-corrected chi connectivity index (χ0v) is 7.86. The molecular weight excluding hydrogens is 188 g/mol. The molecule has 0 saturated carbocycles. The normalized spacial score (nSPS) is 30.9. The number of carbonyl (C=O) groups is 2. The van der Waals surface area contributed by atoms with E-state index < -0.39 is 0 Å². The van der Waals surface area contributed by atoms with E-state index in [9.17, 15) is 9.59 Å². The molecule has 2 aliphatic rings. The van der Waals surface area contributed by atoms with Gasteiger partial charge in [0.2, 0.25) is 5.91 Å². The largest absolute Gasteiger partial charge is 0.453 e. The zero-order chi connectivity index (χ0) is 10.1. The minimum Gasteiger partial charge on any atom is -0.453 e. The van der Waals surface area contributed by atoms with E-state index in [0.717, 1.165) is 0 Å². The SMILES string of the molecule is COC(=O)N1CCC2C(=O)NOC2C1. The Labute approximate surface area is 81.1 Å². The van der Waals surface area contributed by atoms with Crippen molar-refractivity contribution in [2.24, 2.45) is 5.92 Å². The molecule has 0 radical (unpaired) electrons. The van der Waals surface area contributed by atoms with Gasteiger partial charge in [-0.2, -0.15) is 0 Å². The summed E-state index contributed by atoms with van der Waals surface area (Å²) >= 11 is 0. The lowest BCUT2D eigenvalue weighted by molar-refractivity contribution is -0.126. The summed E-state index contributed by atoms with van der Waals surface area (Å²) in [7, 11) is 1.34. The van der Waals surface area contributed by atoms with Gasteiger partial charge in [-0.1, -0.05) is 0 Å². The number of nitrogens with zero attached hydrogens (tertiary/aromatic N) is 1. The van der Waals surface area contributed by atoms with Gasteiger partial charge in [-0.3, -0.25) is 9.63 Å². The van der Waals surface area contributed by atoms with E-state index >= 15 is 0 Å². The quantitative estimate of drug-likeness (QED) is 0.572. The van der Waals surface area contributed by atoms with Crippen molar-refractivity contribution in [3.05, 3.63) is 0 Å². The topological polar surface area (TPSA) is 67.9 Å². The van der Waals surface area contributed by atoms with E-state index in [1.165, 1.54) is 7.11 Å². The molecule has 2 saturated heterocycles. The third kappa shape index (κ3) is 1.41. The molecule has 6 heteroatoms. The van der Waals surface area contributed by atoms with E-state index in [0.29, 0.717) is 19.5 Å². The van der Waals surface area contributed by atoms with Gasteiger partial charge in [0.1, 0.15) is 6.10 Å². The van der Waals surface area contributed by atoms with E-state index in [2.05, 4.69) is 10.2 Å². The highest BCUT2D eigenvalue weighted by molar-refractivity contribution is 5.80. The van der Waals surface area contributed by atoms with Crippen LogP contribution in [-0.2, 0) is 14.4 Å². The number of fused-ring (bicyclic) bond motifs is 1. The van der Waals surface area contributed by atoms with Crippen molar-refractivity contribution in [1.82, 2.24) is 10.4 Å². The maximum atomic E-state index is 11.2. The minimum absolute atomic E-state index is 0.0838. The zero-order valence-electron chi connectivity index (χ0n) is 7.86. The number of amides is 2. The summed E-state index contributed by atoms with van der Waals surface area (Å²) in [6.45, 7) is 0.959. The molecule has 2 rings (SSSR count). The van der Waals surface area contributed by atoms with Crippen molar-refractivity contribution in [2.45, 2.75) is 12.5 Å². The van der Waals surface area contributed by atoms with Crippen LogP contribution in [0, 0.1) is 5.92 Å². The molecule has 1 N–H and O–H groups in total. The average Bonchev–Trinajstić information content (AvgIpc) is 2.59. The minimum atomic E-state index is -0.369. The number of piperidine rings is 1. The number of hydroxylamine groups is 1. The predicted molar refractivity (Wildman–Crippen MR) is 45.1 cm³/mol. The number of rotatable bonds is 0. The Bertz CT molecular complexity index is 268. The summed E-state index contributed by atoms with van der Waals surface area (Å²) in [5, 5.41) is 0. The molecule has 0 aromatic rings. The molecule has 0 aromatic carbocycles. The Hall–Kier alpha value is -1.30. The molecule has 2 fully saturated rings.